The minimum Gasteiger partial charge on any atom is -0.492 e. The second kappa shape index (κ2) is 9.07. The Morgan fingerprint density at radius 2 is 1.77 bits per heavy atom. The zero-order valence-electron chi connectivity index (χ0n) is 15.7. The molecule has 6 heteroatoms. The van der Waals surface area contributed by atoms with Crippen LogP contribution >= 0.6 is 11.6 Å². The number of piperidine rings is 1. The van der Waals surface area contributed by atoms with E-state index in [1.54, 1.807) is 0 Å². The maximum atomic E-state index is 12.8. The van der Waals surface area contributed by atoms with Gasteiger partial charge in [0.2, 0.25) is 5.91 Å². The van der Waals surface area contributed by atoms with Gasteiger partial charge >= 0.3 is 0 Å². The van der Waals surface area contributed by atoms with E-state index < -0.39 is 0 Å². The molecule has 2 aliphatic heterocycles. The average Bonchev–Trinajstić information content (AvgIpc) is 2.62. The number of carbonyl (C=O) groups excluding carboxylic acids is 1. The molecule has 0 aromatic heterocycles. The third-order valence-corrected chi connectivity index (χ3v) is 5.41. The van der Waals surface area contributed by atoms with Crippen LogP contribution in [0.2, 0.25) is 5.02 Å². The Labute approximate surface area is 161 Å². The maximum absolute atomic E-state index is 12.8. The summed E-state index contributed by atoms with van der Waals surface area (Å²) in [6.07, 6.45) is 2.13. The van der Waals surface area contributed by atoms with Crippen LogP contribution in [0.15, 0.2) is 24.3 Å². The molecular weight excluding hydrogens is 352 g/mol. The molecule has 1 amide bonds. The van der Waals surface area contributed by atoms with E-state index in [1.165, 1.54) is 0 Å². The summed E-state index contributed by atoms with van der Waals surface area (Å²) in [6.45, 7) is 8.97. The summed E-state index contributed by atoms with van der Waals surface area (Å²) in [7, 11) is 0. The Hall–Kier alpha value is -1.30. The van der Waals surface area contributed by atoms with E-state index in [0.29, 0.717) is 17.5 Å². The molecule has 0 bridgehead atoms. The van der Waals surface area contributed by atoms with Crippen molar-refractivity contribution in [2.24, 2.45) is 5.92 Å². The van der Waals surface area contributed by atoms with Gasteiger partial charge in [-0.2, -0.15) is 0 Å². The van der Waals surface area contributed by atoms with Gasteiger partial charge in [-0.05, 0) is 64.0 Å². The van der Waals surface area contributed by atoms with E-state index in [9.17, 15) is 4.79 Å². The number of morpholine rings is 1. The fourth-order valence-electron chi connectivity index (χ4n) is 3.84. The van der Waals surface area contributed by atoms with Gasteiger partial charge in [0.25, 0.3) is 0 Å². The minimum atomic E-state index is 0.132. The van der Waals surface area contributed by atoms with Crippen LogP contribution in [0.25, 0.3) is 0 Å². The lowest BCUT2D eigenvalue weighted by atomic mass is 9.94. The molecular formula is C20H29ClN2O3. The Morgan fingerprint density at radius 3 is 2.38 bits per heavy atom. The maximum Gasteiger partial charge on any atom is 0.225 e. The first-order valence-corrected chi connectivity index (χ1v) is 9.94. The number of rotatable bonds is 5. The summed E-state index contributed by atoms with van der Waals surface area (Å²) in [6, 6.07) is 7.44. The third-order valence-electron chi connectivity index (χ3n) is 5.16. The van der Waals surface area contributed by atoms with Crippen LogP contribution in [0.4, 0.5) is 0 Å². The van der Waals surface area contributed by atoms with Gasteiger partial charge in [0.15, 0.2) is 0 Å². The Balaban J connectivity index is 1.38. The van der Waals surface area contributed by atoms with E-state index in [4.69, 9.17) is 21.1 Å². The Morgan fingerprint density at radius 1 is 1.15 bits per heavy atom. The van der Waals surface area contributed by atoms with Crippen LogP contribution in [0.5, 0.6) is 5.75 Å². The van der Waals surface area contributed by atoms with E-state index >= 15 is 0 Å². The lowest BCUT2D eigenvalue weighted by Crippen LogP contribution is -2.51. The van der Waals surface area contributed by atoms with Crippen molar-refractivity contribution in [3.63, 3.8) is 0 Å². The van der Waals surface area contributed by atoms with Crippen molar-refractivity contribution >= 4 is 17.5 Å². The fourth-order valence-corrected chi connectivity index (χ4v) is 3.97. The van der Waals surface area contributed by atoms with E-state index in [0.717, 1.165) is 51.3 Å². The summed E-state index contributed by atoms with van der Waals surface area (Å²) in [5.74, 6) is 1.31. The predicted octanol–water partition coefficient (Wildman–Crippen LogP) is 3.07. The highest BCUT2D eigenvalue weighted by Crippen LogP contribution is 2.22. The SMILES string of the molecule is C[C@@H]1CN(C(=O)C2CCN(CCOc3ccc(Cl)cc3)CC2)C[C@@H](C)O1. The molecule has 5 nitrogen and oxygen atoms in total. The number of benzene rings is 1. The number of ether oxygens (including phenoxy) is 2. The van der Waals surface area contributed by atoms with Gasteiger partial charge in [-0.25, -0.2) is 0 Å². The molecule has 3 rings (SSSR count). The number of halogens is 1. The highest BCUT2D eigenvalue weighted by atomic mass is 35.5. The number of nitrogens with zero attached hydrogens (tertiary/aromatic N) is 2. The van der Waals surface area contributed by atoms with Crippen LogP contribution in [0, 0.1) is 5.92 Å². The predicted molar refractivity (Wildman–Crippen MR) is 103 cm³/mol. The standard InChI is InChI=1S/C20H29ClN2O3/c1-15-13-23(14-16(2)26-15)20(24)17-7-9-22(10-8-17)11-12-25-19-5-3-18(21)4-6-19/h3-6,15-17H,7-14H2,1-2H3/t15-,16-/m1/s1. The molecule has 0 unspecified atom stereocenters. The first kappa shape index (κ1) is 19.5. The van der Waals surface area contributed by atoms with Crippen LogP contribution < -0.4 is 4.74 Å². The normalized spacial score (nSPS) is 25.3. The molecule has 0 radical (unpaired) electrons. The molecule has 0 N–H and O–H groups in total. The molecule has 1 aromatic carbocycles. The van der Waals surface area contributed by atoms with Gasteiger partial charge < -0.3 is 14.4 Å². The van der Waals surface area contributed by atoms with Gasteiger partial charge in [-0.15, -0.1) is 0 Å². The largest absolute Gasteiger partial charge is 0.492 e. The van der Waals surface area contributed by atoms with Crippen LogP contribution in [-0.2, 0) is 9.53 Å². The molecule has 26 heavy (non-hydrogen) atoms. The van der Waals surface area contributed by atoms with Gasteiger partial charge in [0, 0.05) is 30.6 Å². The summed E-state index contributed by atoms with van der Waals surface area (Å²) < 4.78 is 11.5. The summed E-state index contributed by atoms with van der Waals surface area (Å²) >= 11 is 5.88. The monoisotopic (exact) mass is 380 g/mol. The minimum absolute atomic E-state index is 0.132. The summed E-state index contributed by atoms with van der Waals surface area (Å²) in [5, 5.41) is 0.716. The second-order valence-electron chi connectivity index (χ2n) is 7.42. The fraction of sp³-hybridized carbons (Fsp3) is 0.650. The second-order valence-corrected chi connectivity index (χ2v) is 7.86. The van der Waals surface area contributed by atoms with Gasteiger partial charge in [0.1, 0.15) is 12.4 Å². The molecule has 2 heterocycles. The molecule has 0 aliphatic carbocycles. The third kappa shape index (κ3) is 5.35. The summed E-state index contributed by atoms with van der Waals surface area (Å²) in [4.78, 5) is 17.2. The van der Waals surface area contributed by atoms with Gasteiger partial charge in [-0.3, -0.25) is 9.69 Å². The number of amides is 1. The molecule has 0 saturated carbocycles. The number of hydrogen-bond donors (Lipinski definition) is 0. The number of likely N-dealkylation sites (tertiary alicyclic amines) is 1. The van der Waals surface area contributed by atoms with Crippen LogP contribution in [0.3, 0.4) is 0 Å². The van der Waals surface area contributed by atoms with Crippen molar-refractivity contribution in [2.75, 3.05) is 39.3 Å². The molecule has 1 aromatic rings. The number of carbonyl (C=O) groups is 1. The van der Waals surface area contributed by atoms with E-state index in [1.807, 2.05) is 43.0 Å². The number of hydrogen-bond acceptors (Lipinski definition) is 4. The quantitative estimate of drug-likeness (QED) is 0.787. The Bertz CT molecular complexity index is 577. The van der Waals surface area contributed by atoms with Crippen LogP contribution in [-0.4, -0.2) is 67.2 Å². The zero-order valence-corrected chi connectivity index (χ0v) is 16.5. The molecule has 2 atom stereocenters. The molecule has 2 aliphatic rings. The lowest BCUT2D eigenvalue weighted by molar-refractivity contribution is -0.148. The van der Waals surface area contributed by atoms with Crippen LogP contribution in [0.1, 0.15) is 26.7 Å². The average molecular weight is 381 g/mol. The summed E-state index contributed by atoms with van der Waals surface area (Å²) in [5.41, 5.74) is 0. The van der Waals surface area contributed by atoms with Gasteiger partial charge in [0.05, 0.1) is 12.2 Å². The van der Waals surface area contributed by atoms with Gasteiger partial charge in [-0.1, -0.05) is 11.6 Å². The molecule has 0 spiro atoms. The molecule has 144 valence electrons. The smallest absolute Gasteiger partial charge is 0.225 e. The van der Waals surface area contributed by atoms with Crippen molar-refractivity contribution in [1.82, 2.24) is 9.80 Å². The zero-order chi connectivity index (χ0) is 18.5. The van der Waals surface area contributed by atoms with Crippen molar-refractivity contribution in [3.05, 3.63) is 29.3 Å². The van der Waals surface area contributed by atoms with E-state index in [-0.39, 0.29) is 18.1 Å². The van der Waals surface area contributed by atoms with Crippen molar-refractivity contribution in [2.45, 2.75) is 38.9 Å². The highest BCUT2D eigenvalue weighted by molar-refractivity contribution is 6.30. The molecule has 2 fully saturated rings. The highest BCUT2D eigenvalue weighted by Gasteiger charge is 2.32. The molecule has 2 saturated heterocycles. The first-order valence-electron chi connectivity index (χ1n) is 9.56. The van der Waals surface area contributed by atoms with E-state index in [2.05, 4.69) is 4.90 Å². The first-order chi connectivity index (χ1) is 12.5. The topological polar surface area (TPSA) is 42.0 Å². The van der Waals surface area contributed by atoms with Crippen molar-refractivity contribution in [3.8, 4) is 5.75 Å². The Kier molecular flexibility index (Phi) is 6.79. The lowest BCUT2D eigenvalue weighted by Gasteiger charge is -2.39. The van der Waals surface area contributed by atoms with Crippen molar-refractivity contribution < 1.29 is 14.3 Å². The van der Waals surface area contributed by atoms with Crippen molar-refractivity contribution in [1.29, 1.82) is 0 Å².